The maximum atomic E-state index is 11.8. The summed E-state index contributed by atoms with van der Waals surface area (Å²) in [6, 6.07) is 4.73. The number of aromatic carboxylic acids is 1. The van der Waals surface area contributed by atoms with Gasteiger partial charge in [-0.3, -0.25) is 4.21 Å². The second-order valence-electron chi connectivity index (χ2n) is 4.42. The zero-order chi connectivity index (χ0) is 12.3. The SMILES string of the molecule is CC(C)(C)S(=O)Cc1cccc(C(=O)O)n1. The third kappa shape index (κ3) is 3.41. The van der Waals surface area contributed by atoms with Gasteiger partial charge < -0.3 is 5.11 Å². The van der Waals surface area contributed by atoms with Crippen LogP contribution < -0.4 is 0 Å². The third-order valence-electron chi connectivity index (χ3n) is 1.99. The van der Waals surface area contributed by atoms with Crippen LogP contribution in [0.4, 0.5) is 0 Å². The number of pyridine rings is 1. The predicted molar refractivity (Wildman–Crippen MR) is 62.8 cm³/mol. The summed E-state index contributed by atoms with van der Waals surface area (Å²) in [6.45, 7) is 5.64. The van der Waals surface area contributed by atoms with Crippen molar-refractivity contribution in [2.24, 2.45) is 0 Å². The summed E-state index contributed by atoms with van der Waals surface area (Å²) in [6.07, 6.45) is 0. The first-order valence-electron chi connectivity index (χ1n) is 4.88. The quantitative estimate of drug-likeness (QED) is 0.876. The fraction of sp³-hybridized carbons (Fsp3) is 0.455. The molecule has 1 aromatic heterocycles. The van der Waals surface area contributed by atoms with Crippen molar-refractivity contribution in [1.29, 1.82) is 0 Å². The Bertz CT molecular complexity index is 423. The van der Waals surface area contributed by atoms with Crippen molar-refractivity contribution >= 4 is 16.8 Å². The van der Waals surface area contributed by atoms with Gasteiger partial charge in [0.15, 0.2) is 0 Å². The van der Waals surface area contributed by atoms with Crippen LogP contribution in [0.25, 0.3) is 0 Å². The molecule has 16 heavy (non-hydrogen) atoms. The molecule has 0 fully saturated rings. The van der Waals surface area contributed by atoms with E-state index in [9.17, 15) is 9.00 Å². The molecular formula is C11H15NO3S. The number of hydrogen-bond acceptors (Lipinski definition) is 3. The van der Waals surface area contributed by atoms with Crippen molar-refractivity contribution in [2.45, 2.75) is 31.3 Å². The minimum atomic E-state index is -1.07. The van der Waals surface area contributed by atoms with E-state index in [0.29, 0.717) is 5.69 Å². The molecule has 4 nitrogen and oxygen atoms in total. The Morgan fingerprint density at radius 3 is 2.56 bits per heavy atom. The molecule has 5 heteroatoms. The Hall–Kier alpha value is -1.23. The van der Waals surface area contributed by atoms with Gasteiger partial charge in [0.1, 0.15) is 5.69 Å². The highest BCUT2D eigenvalue weighted by atomic mass is 32.2. The van der Waals surface area contributed by atoms with Gasteiger partial charge >= 0.3 is 5.97 Å². The highest BCUT2D eigenvalue weighted by Crippen LogP contribution is 2.15. The van der Waals surface area contributed by atoms with Crippen LogP contribution in [-0.2, 0) is 16.6 Å². The molecule has 1 heterocycles. The molecule has 1 N–H and O–H groups in total. The fourth-order valence-corrected chi connectivity index (χ4v) is 1.89. The van der Waals surface area contributed by atoms with Crippen LogP contribution in [0, 0.1) is 0 Å². The minimum absolute atomic E-state index is 0.0107. The number of rotatable bonds is 3. The van der Waals surface area contributed by atoms with Crippen LogP contribution in [0.2, 0.25) is 0 Å². The van der Waals surface area contributed by atoms with Gasteiger partial charge in [0.25, 0.3) is 0 Å². The summed E-state index contributed by atoms with van der Waals surface area (Å²) in [5.41, 5.74) is 0.538. The van der Waals surface area contributed by atoms with E-state index < -0.39 is 16.8 Å². The summed E-state index contributed by atoms with van der Waals surface area (Å²) in [7, 11) is -1.07. The average Bonchev–Trinajstić information content (AvgIpc) is 2.16. The molecule has 0 aromatic carbocycles. The van der Waals surface area contributed by atoms with E-state index in [0.717, 1.165) is 0 Å². The van der Waals surface area contributed by atoms with Crippen molar-refractivity contribution in [3.8, 4) is 0 Å². The summed E-state index contributed by atoms with van der Waals surface area (Å²) in [4.78, 5) is 14.6. The Kier molecular flexibility index (Phi) is 3.80. The summed E-state index contributed by atoms with van der Waals surface area (Å²) in [5, 5.41) is 8.76. The second kappa shape index (κ2) is 4.74. The molecule has 1 unspecified atom stereocenters. The Morgan fingerprint density at radius 2 is 2.06 bits per heavy atom. The molecule has 1 aromatic rings. The number of nitrogens with zero attached hydrogens (tertiary/aromatic N) is 1. The highest BCUT2D eigenvalue weighted by molar-refractivity contribution is 7.85. The lowest BCUT2D eigenvalue weighted by Crippen LogP contribution is -2.23. The van der Waals surface area contributed by atoms with Crippen LogP contribution in [-0.4, -0.2) is 25.0 Å². The molecule has 1 atom stereocenters. The number of carboxylic acids is 1. The first kappa shape index (κ1) is 12.8. The molecule has 0 saturated carbocycles. The van der Waals surface area contributed by atoms with Gasteiger partial charge in [-0.25, -0.2) is 9.78 Å². The molecule has 0 amide bonds. The largest absolute Gasteiger partial charge is 0.477 e. The maximum Gasteiger partial charge on any atom is 0.354 e. The molecule has 0 spiro atoms. The summed E-state index contributed by atoms with van der Waals surface area (Å²) < 4.78 is 11.5. The third-order valence-corrected chi connectivity index (χ3v) is 3.91. The molecule has 0 saturated heterocycles. The van der Waals surface area contributed by atoms with Gasteiger partial charge in [0.2, 0.25) is 0 Å². The zero-order valence-electron chi connectivity index (χ0n) is 9.56. The molecule has 88 valence electrons. The van der Waals surface area contributed by atoms with Gasteiger partial charge in [0, 0.05) is 15.5 Å². The molecule has 0 bridgehead atoms. The molecule has 0 aliphatic heterocycles. The predicted octanol–water partition coefficient (Wildman–Crippen LogP) is 1.83. The van der Waals surface area contributed by atoms with Crippen molar-refractivity contribution in [3.05, 3.63) is 29.6 Å². The van der Waals surface area contributed by atoms with Crippen LogP contribution >= 0.6 is 0 Å². The van der Waals surface area contributed by atoms with Gasteiger partial charge in [-0.2, -0.15) is 0 Å². The zero-order valence-corrected chi connectivity index (χ0v) is 10.4. The first-order chi connectivity index (χ1) is 7.30. The van der Waals surface area contributed by atoms with Gasteiger partial charge in [0.05, 0.1) is 11.4 Å². The lowest BCUT2D eigenvalue weighted by atomic mass is 10.3. The normalized spacial score (nSPS) is 13.4. The Morgan fingerprint density at radius 1 is 1.44 bits per heavy atom. The average molecular weight is 241 g/mol. The minimum Gasteiger partial charge on any atom is -0.477 e. The van der Waals surface area contributed by atoms with Crippen LogP contribution in [0.1, 0.15) is 37.0 Å². The monoisotopic (exact) mass is 241 g/mol. The topological polar surface area (TPSA) is 67.3 Å². The highest BCUT2D eigenvalue weighted by Gasteiger charge is 2.20. The van der Waals surface area contributed by atoms with E-state index in [1.807, 2.05) is 20.8 Å². The van der Waals surface area contributed by atoms with Crippen LogP contribution in [0.3, 0.4) is 0 Å². The van der Waals surface area contributed by atoms with Crippen LogP contribution in [0.5, 0.6) is 0 Å². The number of hydrogen-bond donors (Lipinski definition) is 1. The number of carboxylic acid groups (broad SMARTS) is 1. The summed E-state index contributed by atoms with van der Waals surface area (Å²) in [5.74, 6) is -0.784. The van der Waals surface area contributed by atoms with E-state index in [1.54, 1.807) is 12.1 Å². The Balaban J connectivity index is 2.87. The van der Waals surface area contributed by atoms with Gasteiger partial charge in [-0.05, 0) is 32.9 Å². The van der Waals surface area contributed by atoms with E-state index >= 15 is 0 Å². The van der Waals surface area contributed by atoms with Crippen LogP contribution in [0.15, 0.2) is 18.2 Å². The van der Waals surface area contributed by atoms with Crippen molar-refractivity contribution < 1.29 is 14.1 Å². The van der Waals surface area contributed by atoms with Crippen molar-refractivity contribution in [2.75, 3.05) is 0 Å². The lowest BCUT2D eigenvalue weighted by molar-refractivity contribution is 0.0690. The number of carbonyl (C=O) groups is 1. The smallest absolute Gasteiger partial charge is 0.354 e. The van der Waals surface area contributed by atoms with E-state index in [-0.39, 0.29) is 16.2 Å². The molecule has 0 aliphatic carbocycles. The van der Waals surface area contributed by atoms with E-state index in [2.05, 4.69) is 4.98 Å². The molecular weight excluding hydrogens is 226 g/mol. The van der Waals surface area contributed by atoms with E-state index in [4.69, 9.17) is 5.11 Å². The van der Waals surface area contributed by atoms with Gasteiger partial charge in [-0.1, -0.05) is 6.07 Å². The second-order valence-corrected chi connectivity index (χ2v) is 6.63. The molecule has 1 rings (SSSR count). The van der Waals surface area contributed by atoms with Crippen molar-refractivity contribution in [3.63, 3.8) is 0 Å². The fourth-order valence-electron chi connectivity index (χ4n) is 1.03. The Labute approximate surface area is 97.2 Å². The lowest BCUT2D eigenvalue weighted by Gasteiger charge is -2.17. The standard InChI is InChI=1S/C11H15NO3S/c1-11(2,3)16(15)7-8-5-4-6-9(12-8)10(13)14/h4-6H,7H2,1-3H3,(H,13,14). The maximum absolute atomic E-state index is 11.8. The van der Waals surface area contributed by atoms with Crippen molar-refractivity contribution in [1.82, 2.24) is 4.98 Å². The summed E-state index contributed by atoms with van der Waals surface area (Å²) >= 11 is 0. The van der Waals surface area contributed by atoms with Gasteiger partial charge in [-0.15, -0.1) is 0 Å². The number of aromatic nitrogens is 1. The molecule has 0 aliphatic rings. The van der Waals surface area contributed by atoms with E-state index in [1.165, 1.54) is 6.07 Å². The first-order valence-corrected chi connectivity index (χ1v) is 6.20. The molecule has 0 radical (unpaired) electrons.